The molecule has 2 N–H and O–H groups in total. The first-order valence-electron chi connectivity index (χ1n) is 8.84. The molecular weight excluding hydrogens is 272 g/mol. The van der Waals surface area contributed by atoms with Crippen molar-refractivity contribution in [2.75, 3.05) is 0 Å². The summed E-state index contributed by atoms with van der Waals surface area (Å²) in [5.41, 5.74) is 3.13. The molecule has 120 valence electrons. The smallest absolute Gasteiger partial charge is 0.0817 e. The fourth-order valence-corrected chi connectivity index (χ4v) is 5.88. The van der Waals surface area contributed by atoms with E-state index >= 15 is 0 Å². The lowest BCUT2D eigenvalue weighted by Gasteiger charge is -2.56. The Bertz CT molecular complexity index is 587. The van der Waals surface area contributed by atoms with Gasteiger partial charge in [0.15, 0.2) is 0 Å². The molecule has 2 heteroatoms. The maximum absolute atomic E-state index is 10.4. The summed E-state index contributed by atoms with van der Waals surface area (Å²) in [7, 11) is 0. The summed E-state index contributed by atoms with van der Waals surface area (Å²) < 4.78 is 0. The third kappa shape index (κ3) is 1.74. The molecule has 2 nitrogen and oxygen atoms in total. The Balaban J connectivity index is 1.84. The van der Waals surface area contributed by atoms with Crippen LogP contribution in [0.1, 0.15) is 46.5 Å². The van der Waals surface area contributed by atoms with Crippen LogP contribution >= 0.6 is 0 Å². The monoisotopic (exact) mass is 300 g/mol. The van der Waals surface area contributed by atoms with Crippen LogP contribution in [0.25, 0.3) is 0 Å². The number of aliphatic hydroxyl groups excluding tert-OH is 2. The predicted octanol–water partition coefficient (Wildman–Crippen LogP) is 3.61. The van der Waals surface area contributed by atoms with Crippen LogP contribution in [0.2, 0.25) is 0 Å². The Morgan fingerprint density at radius 2 is 1.91 bits per heavy atom. The predicted molar refractivity (Wildman–Crippen MR) is 88.1 cm³/mol. The Kier molecular flexibility index (Phi) is 3.06. The summed E-state index contributed by atoms with van der Waals surface area (Å²) in [4.78, 5) is 0. The fraction of sp³-hybridized carbons (Fsp3) is 0.700. The van der Waals surface area contributed by atoms with Gasteiger partial charge in [-0.05, 0) is 54.4 Å². The van der Waals surface area contributed by atoms with E-state index in [9.17, 15) is 10.2 Å². The Hall–Kier alpha value is -0.860. The van der Waals surface area contributed by atoms with Gasteiger partial charge < -0.3 is 10.2 Å². The van der Waals surface area contributed by atoms with Crippen molar-refractivity contribution in [1.29, 1.82) is 0 Å². The minimum atomic E-state index is -0.322. The SMILES string of the molecule is CC1CC2CC(O)C=C[C@]2(C)[C@@H]2CC[C@@]3(C)C(=C12)C=CC3O. The molecule has 0 aliphatic heterocycles. The average molecular weight is 300 g/mol. The number of fused-ring (bicyclic) bond motifs is 4. The zero-order valence-electron chi connectivity index (χ0n) is 13.9. The number of rotatable bonds is 0. The summed E-state index contributed by atoms with van der Waals surface area (Å²) in [6.45, 7) is 6.98. The molecule has 0 aromatic carbocycles. The molecule has 7 atom stereocenters. The lowest BCUT2D eigenvalue weighted by molar-refractivity contribution is 0.0216. The average Bonchev–Trinajstić information content (AvgIpc) is 2.77. The van der Waals surface area contributed by atoms with Gasteiger partial charge in [0.1, 0.15) is 0 Å². The molecule has 4 aliphatic rings. The fourth-order valence-electron chi connectivity index (χ4n) is 5.88. The van der Waals surface area contributed by atoms with Crippen LogP contribution in [0.15, 0.2) is 35.5 Å². The molecule has 0 amide bonds. The van der Waals surface area contributed by atoms with Crippen LogP contribution in [0.5, 0.6) is 0 Å². The van der Waals surface area contributed by atoms with Crippen molar-refractivity contribution in [2.24, 2.45) is 28.6 Å². The Morgan fingerprint density at radius 3 is 2.68 bits per heavy atom. The largest absolute Gasteiger partial charge is 0.389 e. The van der Waals surface area contributed by atoms with Gasteiger partial charge in [-0.25, -0.2) is 0 Å². The van der Waals surface area contributed by atoms with Crippen molar-refractivity contribution < 1.29 is 10.2 Å². The van der Waals surface area contributed by atoms with Gasteiger partial charge in [0.2, 0.25) is 0 Å². The molecular formula is C20H28O2. The normalized spacial score (nSPS) is 53.2. The van der Waals surface area contributed by atoms with Crippen LogP contribution in [0.4, 0.5) is 0 Å². The molecule has 0 aromatic rings. The lowest BCUT2D eigenvalue weighted by atomic mass is 9.49. The highest BCUT2D eigenvalue weighted by atomic mass is 16.3. The van der Waals surface area contributed by atoms with E-state index < -0.39 is 0 Å². The molecule has 0 bridgehead atoms. The van der Waals surface area contributed by atoms with Gasteiger partial charge >= 0.3 is 0 Å². The topological polar surface area (TPSA) is 40.5 Å². The second kappa shape index (κ2) is 4.58. The maximum Gasteiger partial charge on any atom is 0.0817 e. The van der Waals surface area contributed by atoms with Crippen LogP contribution in [-0.2, 0) is 0 Å². The molecule has 1 fully saturated rings. The maximum atomic E-state index is 10.4. The third-order valence-electron chi connectivity index (χ3n) is 7.36. The molecule has 0 radical (unpaired) electrons. The zero-order chi connectivity index (χ0) is 15.7. The second-order valence-electron chi connectivity index (χ2n) is 8.54. The van der Waals surface area contributed by atoms with Gasteiger partial charge in [-0.2, -0.15) is 0 Å². The summed E-state index contributed by atoms with van der Waals surface area (Å²) in [5.74, 6) is 1.71. The van der Waals surface area contributed by atoms with Crippen molar-refractivity contribution in [2.45, 2.75) is 58.7 Å². The van der Waals surface area contributed by atoms with E-state index in [4.69, 9.17) is 0 Å². The van der Waals surface area contributed by atoms with Gasteiger partial charge in [0.05, 0.1) is 12.2 Å². The number of hydrogen-bond donors (Lipinski definition) is 2. The summed E-state index contributed by atoms with van der Waals surface area (Å²) in [6, 6.07) is 0. The van der Waals surface area contributed by atoms with Gasteiger partial charge in [0, 0.05) is 5.41 Å². The molecule has 0 heterocycles. The van der Waals surface area contributed by atoms with Crippen molar-refractivity contribution in [1.82, 2.24) is 0 Å². The Labute approximate surface area is 133 Å². The zero-order valence-corrected chi connectivity index (χ0v) is 13.9. The van der Waals surface area contributed by atoms with Crippen molar-refractivity contribution >= 4 is 0 Å². The van der Waals surface area contributed by atoms with E-state index in [1.165, 1.54) is 5.57 Å². The highest BCUT2D eigenvalue weighted by molar-refractivity contribution is 5.46. The van der Waals surface area contributed by atoms with Crippen LogP contribution in [-0.4, -0.2) is 22.4 Å². The molecule has 0 spiro atoms. The summed E-state index contributed by atoms with van der Waals surface area (Å²) >= 11 is 0. The summed E-state index contributed by atoms with van der Waals surface area (Å²) in [6.07, 6.45) is 12.2. The minimum Gasteiger partial charge on any atom is -0.389 e. The van der Waals surface area contributed by atoms with Crippen LogP contribution in [0.3, 0.4) is 0 Å². The van der Waals surface area contributed by atoms with Gasteiger partial charge in [-0.1, -0.05) is 50.6 Å². The molecule has 0 aromatic heterocycles. The quantitative estimate of drug-likeness (QED) is 0.671. The van der Waals surface area contributed by atoms with E-state index in [0.29, 0.717) is 17.8 Å². The summed E-state index contributed by atoms with van der Waals surface area (Å²) in [5, 5.41) is 20.5. The van der Waals surface area contributed by atoms with Crippen molar-refractivity contribution in [3.63, 3.8) is 0 Å². The van der Waals surface area contributed by atoms with E-state index in [1.54, 1.807) is 5.57 Å². The number of allylic oxidation sites excluding steroid dienone is 3. The second-order valence-corrected chi connectivity index (χ2v) is 8.54. The first-order valence-corrected chi connectivity index (χ1v) is 8.84. The Morgan fingerprint density at radius 1 is 1.14 bits per heavy atom. The highest BCUT2D eigenvalue weighted by Gasteiger charge is 2.54. The van der Waals surface area contributed by atoms with E-state index in [-0.39, 0.29) is 23.0 Å². The standard InChI is InChI=1S/C20H28O2/c1-12-10-13-11-14(21)6-8-19(13,2)16-7-9-20(3)15(18(12)16)4-5-17(20)22/h4-6,8,12-14,16-17,21-22H,7,9-11H2,1-3H3/t12?,13?,14?,16-,17?,19+,20+/m1/s1. The van der Waals surface area contributed by atoms with Crippen LogP contribution < -0.4 is 0 Å². The molecule has 4 aliphatic carbocycles. The third-order valence-corrected chi connectivity index (χ3v) is 7.36. The van der Waals surface area contributed by atoms with Crippen LogP contribution in [0, 0.1) is 28.6 Å². The van der Waals surface area contributed by atoms with Crippen molar-refractivity contribution in [3.8, 4) is 0 Å². The lowest BCUT2D eigenvalue weighted by Crippen LogP contribution is -2.48. The molecule has 4 unspecified atom stereocenters. The van der Waals surface area contributed by atoms with Gasteiger partial charge in [-0.3, -0.25) is 0 Å². The molecule has 1 saturated carbocycles. The first kappa shape index (κ1) is 14.7. The van der Waals surface area contributed by atoms with E-state index in [1.807, 2.05) is 12.2 Å². The van der Waals surface area contributed by atoms with Crippen molar-refractivity contribution in [3.05, 3.63) is 35.5 Å². The molecule has 4 rings (SSSR count). The number of aliphatic hydroxyl groups is 2. The van der Waals surface area contributed by atoms with E-state index in [0.717, 1.165) is 25.7 Å². The number of hydrogen-bond acceptors (Lipinski definition) is 2. The highest BCUT2D eigenvalue weighted by Crippen LogP contribution is 2.62. The molecule has 0 saturated heterocycles. The van der Waals surface area contributed by atoms with Gasteiger partial charge in [-0.15, -0.1) is 0 Å². The first-order chi connectivity index (χ1) is 10.4. The minimum absolute atomic E-state index is 0.0683. The van der Waals surface area contributed by atoms with Gasteiger partial charge in [0.25, 0.3) is 0 Å². The molecule has 22 heavy (non-hydrogen) atoms. The van der Waals surface area contributed by atoms with E-state index in [2.05, 4.69) is 32.9 Å².